The molecule has 1 aliphatic rings. The molecule has 2 aromatic heterocycles. The van der Waals surface area contributed by atoms with Crippen LogP contribution < -0.4 is 9.80 Å². The van der Waals surface area contributed by atoms with Gasteiger partial charge in [-0.1, -0.05) is 12.1 Å². The fourth-order valence-corrected chi connectivity index (χ4v) is 2.84. The first-order valence-corrected chi connectivity index (χ1v) is 7.56. The summed E-state index contributed by atoms with van der Waals surface area (Å²) < 4.78 is 5.04. The zero-order valence-corrected chi connectivity index (χ0v) is 12.8. The summed E-state index contributed by atoms with van der Waals surface area (Å²) in [5.41, 5.74) is 2.14. The maximum Gasteiger partial charge on any atom is 0.262 e. The van der Waals surface area contributed by atoms with Crippen molar-refractivity contribution < 1.29 is 9.21 Å². The molecule has 0 spiro atoms. The van der Waals surface area contributed by atoms with Gasteiger partial charge in [-0.3, -0.25) is 9.69 Å². The van der Waals surface area contributed by atoms with E-state index in [1.54, 1.807) is 11.0 Å². The Balaban J connectivity index is 1.88. The van der Waals surface area contributed by atoms with Crippen molar-refractivity contribution in [1.29, 1.82) is 0 Å². The van der Waals surface area contributed by atoms with Crippen molar-refractivity contribution in [3.8, 4) is 0 Å². The lowest BCUT2D eigenvalue weighted by Crippen LogP contribution is -2.32. The van der Waals surface area contributed by atoms with Gasteiger partial charge < -0.3 is 9.32 Å². The van der Waals surface area contributed by atoms with Gasteiger partial charge in [0.1, 0.15) is 6.26 Å². The molecule has 0 N–H and O–H groups in total. The van der Waals surface area contributed by atoms with Gasteiger partial charge in [-0.2, -0.15) is 0 Å². The molecule has 3 heterocycles. The molecule has 0 atom stereocenters. The van der Waals surface area contributed by atoms with Crippen LogP contribution in [-0.2, 0) is 0 Å². The molecule has 3 aromatic rings. The number of rotatable bonds is 1. The molecule has 0 radical (unpaired) electrons. The van der Waals surface area contributed by atoms with Crippen molar-refractivity contribution in [1.82, 2.24) is 9.97 Å². The van der Waals surface area contributed by atoms with Gasteiger partial charge in [-0.25, -0.2) is 9.97 Å². The highest BCUT2D eigenvalue weighted by molar-refractivity contribution is 6.07. The number of benzene rings is 1. The van der Waals surface area contributed by atoms with E-state index >= 15 is 0 Å². The van der Waals surface area contributed by atoms with Gasteiger partial charge in [0.05, 0.1) is 22.9 Å². The quantitative estimate of drug-likeness (QED) is 0.691. The fourth-order valence-electron chi connectivity index (χ4n) is 2.84. The molecule has 4 rings (SSSR count). The summed E-state index contributed by atoms with van der Waals surface area (Å²) >= 11 is 0. The number of furan rings is 1. The van der Waals surface area contributed by atoms with Crippen LogP contribution in [0.15, 0.2) is 47.3 Å². The predicted molar refractivity (Wildman–Crippen MR) is 87.8 cm³/mol. The number of hydrogen-bond acceptors (Lipinski definition) is 5. The molecule has 116 valence electrons. The van der Waals surface area contributed by atoms with E-state index in [2.05, 4.69) is 4.90 Å². The van der Waals surface area contributed by atoms with Gasteiger partial charge in [0.25, 0.3) is 5.91 Å². The van der Waals surface area contributed by atoms with Crippen molar-refractivity contribution in [2.45, 2.75) is 6.42 Å². The zero-order valence-electron chi connectivity index (χ0n) is 12.8. The van der Waals surface area contributed by atoms with E-state index in [0.29, 0.717) is 17.9 Å². The lowest BCUT2D eigenvalue weighted by Gasteiger charge is -2.22. The van der Waals surface area contributed by atoms with Crippen molar-refractivity contribution in [2.75, 3.05) is 29.9 Å². The van der Waals surface area contributed by atoms with Crippen LogP contribution in [0.1, 0.15) is 16.8 Å². The minimum atomic E-state index is -0.111. The van der Waals surface area contributed by atoms with E-state index in [1.165, 1.54) is 12.5 Å². The first kappa shape index (κ1) is 13.8. The third-order valence-electron chi connectivity index (χ3n) is 4.04. The van der Waals surface area contributed by atoms with Crippen LogP contribution in [0.2, 0.25) is 0 Å². The summed E-state index contributed by atoms with van der Waals surface area (Å²) in [4.78, 5) is 26.0. The Morgan fingerprint density at radius 2 is 1.83 bits per heavy atom. The van der Waals surface area contributed by atoms with Gasteiger partial charge in [0.15, 0.2) is 11.6 Å². The molecule has 0 bridgehead atoms. The molecular weight excluding hydrogens is 292 g/mol. The second-order valence-corrected chi connectivity index (χ2v) is 5.60. The van der Waals surface area contributed by atoms with Gasteiger partial charge in [0, 0.05) is 20.1 Å². The minimum absolute atomic E-state index is 0.111. The van der Waals surface area contributed by atoms with Gasteiger partial charge in [-0.05, 0) is 24.6 Å². The molecule has 6 heteroatoms. The van der Waals surface area contributed by atoms with Gasteiger partial charge in [-0.15, -0.1) is 0 Å². The summed E-state index contributed by atoms with van der Waals surface area (Å²) in [7, 11) is 1.98. The lowest BCUT2D eigenvalue weighted by atomic mass is 10.2. The van der Waals surface area contributed by atoms with E-state index in [9.17, 15) is 4.79 Å². The topological polar surface area (TPSA) is 62.5 Å². The zero-order chi connectivity index (χ0) is 15.8. The highest BCUT2D eigenvalue weighted by atomic mass is 16.3. The predicted octanol–water partition coefficient (Wildman–Crippen LogP) is 2.71. The fraction of sp³-hybridized carbons (Fsp3) is 0.235. The molecule has 6 nitrogen and oxygen atoms in total. The standard InChI is InChI=1S/C17H16N4O2/c1-20-8-4-9-21(17(22)12-7-10-23-11-12)16-15(20)18-13-5-2-3-6-14(13)19-16/h2-3,5-7,10-11H,4,8-9H2,1H3. The third-order valence-corrected chi connectivity index (χ3v) is 4.04. The van der Waals surface area contributed by atoms with Crippen LogP contribution in [-0.4, -0.2) is 36.0 Å². The molecule has 1 aromatic carbocycles. The van der Waals surface area contributed by atoms with Crippen LogP contribution in [0, 0.1) is 0 Å². The van der Waals surface area contributed by atoms with Crippen LogP contribution in [0.25, 0.3) is 11.0 Å². The Hall–Kier alpha value is -2.89. The summed E-state index contributed by atoms with van der Waals surface area (Å²) in [6, 6.07) is 9.38. The maximum absolute atomic E-state index is 12.8. The van der Waals surface area contributed by atoms with E-state index in [4.69, 9.17) is 14.4 Å². The number of amides is 1. The average Bonchev–Trinajstić information content (AvgIpc) is 3.06. The number of hydrogen-bond donors (Lipinski definition) is 0. The lowest BCUT2D eigenvalue weighted by molar-refractivity contribution is 0.0986. The number of carbonyl (C=O) groups excluding carboxylic acids is 1. The number of anilines is 2. The number of carbonyl (C=O) groups is 1. The van der Waals surface area contributed by atoms with Crippen molar-refractivity contribution in [2.24, 2.45) is 0 Å². The monoisotopic (exact) mass is 308 g/mol. The van der Waals surface area contributed by atoms with Crippen molar-refractivity contribution in [3.05, 3.63) is 48.4 Å². The summed E-state index contributed by atoms with van der Waals surface area (Å²) in [6.45, 7) is 1.43. The van der Waals surface area contributed by atoms with Crippen molar-refractivity contribution >= 4 is 28.6 Å². The first-order valence-electron chi connectivity index (χ1n) is 7.56. The SMILES string of the molecule is CN1CCCN(C(=O)c2ccoc2)c2nc3ccccc3nc21. The van der Waals surface area contributed by atoms with E-state index in [1.807, 2.05) is 31.3 Å². The maximum atomic E-state index is 12.8. The van der Waals surface area contributed by atoms with Crippen molar-refractivity contribution in [3.63, 3.8) is 0 Å². The molecular formula is C17H16N4O2. The van der Waals surface area contributed by atoms with E-state index in [-0.39, 0.29) is 5.91 Å². The average molecular weight is 308 g/mol. The Bertz CT molecular complexity index is 860. The summed E-state index contributed by atoms with van der Waals surface area (Å²) in [5, 5.41) is 0. The molecule has 0 saturated heterocycles. The largest absolute Gasteiger partial charge is 0.472 e. The molecule has 0 fully saturated rings. The summed E-state index contributed by atoms with van der Waals surface area (Å²) in [6.07, 6.45) is 3.82. The van der Waals surface area contributed by atoms with E-state index < -0.39 is 0 Å². The third kappa shape index (κ3) is 2.32. The number of para-hydroxylation sites is 2. The Labute approximate surface area is 133 Å². The molecule has 1 amide bonds. The molecule has 0 saturated carbocycles. The highest BCUT2D eigenvalue weighted by Crippen LogP contribution is 2.31. The Morgan fingerprint density at radius 1 is 1.09 bits per heavy atom. The normalized spacial score (nSPS) is 14.7. The second-order valence-electron chi connectivity index (χ2n) is 5.60. The van der Waals surface area contributed by atoms with Gasteiger partial charge in [0.2, 0.25) is 0 Å². The molecule has 0 aliphatic carbocycles. The van der Waals surface area contributed by atoms with Crippen LogP contribution in [0.4, 0.5) is 11.6 Å². The molecule has 0 unspecified atom stereocenters. The number of fused-ring (bicyclic) bond motifs is 2. The molecule has 1 aliphatic heterocycles. The van der Waals surface area contributed by atoms with E-state index in [0.717, 1.165) is 29.8 Å². The number of aromatic nitrogens is 2. The highest BCUT2D eigenvalue weighted by Gasteiger charge is 2.27. The number of nitrogens with zero attached hydrogens (tertiary/aromatic N) is 4. The molecule has 23 heavy (non-hydrogen) atoms. The van der Waals surface area contributed by atoms with Crippen LogP contribution >= 0.6 is 0 Å². The smallest absolute Gasteiger partial charge is 0.262 e. The minimum Gasteiger partial charge on any atom is -0.472 e. The second kappa shape index (κ2) is 5.39. The summed E-state index contributed by atoms with van der Waals surface area (Å²) in [5.74, 6) is 1.23. The van der Waals surface area contributed by atoms with Crippen LogP contribution in [0.5, 0.6) is 0 Å². The van der Waals surface area contributed by atoms with Crippen LogP contribution in [0.3, 0.4) is 0 Å². The Morgan fingerprint density at radius 3 is 2.52 bits per heavy atom. The first-order chi connectivity index (χ1) is 11.2. The Kier molecular flexibility index (Phi) is 3.22. The van der Waals surface area contributed by atoms with Gasteiger partial charge >= 0.3 is 0 Å².